The first-order valence-electron chi connectivity index (χ1n) is 8.25. The molecule has 0 bridgehead atoms. The largest absolute Gasteiger partial charge is 0.507 e. The third-order valence-corrected chi connectivity index (χ3v) is 4.07. The van der Waals surface area contributed by atoms with Crippen molar-refractivity contribution >= 4 is 12.4 Å². The molecule has 2 aromatic rings. The molecule has 0 saturated heterocycles. The molecule has 0 aliphatic heterocycles. The number of phenols is 2. The predicted molar refractivity (Wildman–Crippen MR) is 103 cm³/mol. The molecule has 2 rings (SSSR count). The van der Waals surface area contributed by atoms with Crippen LogP contribution in [0.15, 0.2) is 46.4 Å². The molecular weight excluding hydrogens is 387 g/mol. The Morgan fingerprint density at radius 2 is 1.15 bits per heavy atom. The molecule has 2 atom stereocenters. The fraction of sp³-hybridized carbons (Fsp3) is 0.300. The van der Waals surface area contributed by atoms with Gasteiger partial charge in [0.2, 0.25) is 0 Å². The number of aliphatic imine (C=N–C) groups is 2. The van der Waals surface area contributed by atoms with Crippen molar-refractivity contribution in [2.45, 2.75) is 25.9 Å². The number of hydrogen-bond donors (Lipinski definition) is 2. The second-order valence-corrected chi connectivity index (χ2v) is 5.89. The van der Waals surface area contributed by atoms with E-state index in [0.717, 1.165) is 0 Å². The maximum Gasteiger partial charge on any atom is 0.124 e. The summed E-state index contributed by atoms with van der Waals surface area (Å²) in [7, 11) is 3.14. The van der Waals surface area contributed by atoms with Crippen LogP contribution in [0.2, 0.25) is 0 Å². The van der Waals surface area contributed by atoms with Gasteiger partial charge >= 0.3 is 0 Å². The first-order valence-corrected chi connectivity index (χ1v) is 8.25. The molecule has 0 aliphatic carbocycles. The first-order chi connectivity index (χ1) is 12.4. The predicted octanol–water partition coefficient (Wildman–Crippen LogP) is 3.43. The summed E-state index contributed by atoms with van der Waals surface area (Å²) in [5.41, 5.74) is 1.16. The van der Waals surface area contributed by atoms with Gasteiger partial charge in [-0.1, -0.05) is 0 Å². The number of methoxy groups -OCH3 is 2. The first kappa shape index (κ1) is 22.5. The molecule has 0 saturated carbocycles. The molecule has 7 heteroatoms. The number of benzene rings is 2. The molecule has 2 N–H and O–H groups in total. The van der Waals surface area contributed by atoms with Crippen molar-refractivity contribution in [3.8, 4) is 23.0 Å². The molecule has 0 aromatic heterocycles. The second kappa shape index (κ2) is 10.6. The van der Waals surface area contributed by atoms with Crippen LogP contribution < -0.4 is 9.47 Å². The van der Waals surface area contributed by atoms with E-state index in [2.05, 4.69) is 9.98 Å². The van der Waals surface area contributed by atoms with Gasteiger partial charge in [0.25, 0.3) is 0 Å². The minimum atomic E-state index is -0.121. The van der Waals surface area contributed by atoms with Crippen molar-refractivity contribution < 1.29 is 36.8 Å². The Kier molecular flexibility index (Phi) is 8.85. The van der Waals surface area contributed by atoms with Crippen molar-refractivity contribution in [3.05, 3.63) is 47.5 Å². The van der Waals surface area contributed by atoms with Gasteiger partial charge in [-0.25, -0.2) is 0 Å². The number of ether oxygens (including phenoxy) is 2. The van der Waals surface area contributed by atoms with Gasteiger partial charge in [-0.2, -0.15) is 0 Å². The molecule has 0 aliphatic rings. The van der Waals surface area contributed by atoms with E-state index >= 15 is 0 Å². The maximum absolute atomic E-state index is 9.90. The standard InChI is InChI=1S/C20H24N2O4.Mn/c1-13(21-11-15-9-17(25-3)5-7-19(15)23)14(2)22-12-16-10-18(26-4)6-8-20(16)24;/h5-14,23-24H,1-4H3;. The average molecular weight is 411 g/mol. The molecule has 0 amide bonds. The average Bonchev–Trinajstić information content (AvgIpc) is 2.66. The summed E-state index contributed by atoms with van der Waals surface area (Å²) >= 11 is 0. The molecule has 0 spiro atoms. The third-order valence-electron chi connectivity index (χ3n) is 4.07. The molecule has 6 nitrogen and oxygen atoms in total. The Balaban J connectivity index is 0.00000364. The van der Waals surface area contributed by atoms with Crippen molar-refractivity contribution in [3.63, 3.8) is 0 Å². The van der Waals surface area contributed by atoms with Crippen LogP contribution >= 0.6 is 0 Å². The van der Waals surface area contributed by atoms with E-state index in [1.54, 1.807) is 63.0 Å². The molecule has 1 radical (unpaired) electrons. The monoisotopic (exact) mass is 411 g/mol. The second-order valence-electron chi connectivity index (χ2n) is 5.89. The van der Waals surface area contributed by atoms with Crippen LogP contribution in [0, 0.1) is 0 Å². The molecule has 145 valence electrons. The van der Waals surface area contributed by atoms with E-state index in [9.17, 15) is 10.2 Å². The Morgan fingerprint density at radius 3 is 1.48 bits per heavy atom. The van der Waals surface area contributed by atoms with E-state index in [1.165, 1.54) is 0 Å². The minimum Gasteiger partial charge on any atom is -0.507 e. The fourth-order valence-electron chi connectivity index (χ4n) is 2.17. The van der Waals surface area contributed by atoms with E-state index in [-0.39, 0.29) is 40.7 Å². The number of hydrogen-bond acceptors (Lipinski definition) is 6. The van der Waals surface area contributed by atoms with E-state index < -0.39 is 0 Å². The number of rotatable bonds is 7. The van der Waals surface area contributed by atoms with Gasteiger partial charge < -0.3 is 19.7 Å². The Hall–Kier alpha value is -2.50. The summed E-state index contributed by atoms with van der Waals surface area (Å²) in [6.07, 6.45) is 3.22. The molecular formula is C20H24MnN2O4. The maximum atomic E-state index is 9.90. The minimum absolute atomic E-state index is 0. The van der Waals surface area contributed by atoms with Gasteiger partial charge in [-0.05, 0) is 50.2 Å². The fourth-order valence-corrected chi connectivity index (χ4v) is 2.17. The van der Waals surface area contributed by atoms with Crippen LogP contribution in [-0.2, 0) is 17.1 Å². The van der Waals surface area contributed by atoms with Crippen molar-refractivity contribution in [2.24, 2.45) is 9.98 Å². The zero-order valence-electron chi connectivity index (χ0n) is 15.8. The Morgan fingerprint density at radius 1 is 0.778 bits per heavy atom. The van der Waals surface area contributed by atoms with Gasteiger partial charge in [-0.3, -0.25) is 9.98 Å². The number of nitrogens with zero attached hydrogens (tertiary/aromatic N) is 2. The van der Waals surface area contributed by atoms with Gasteiger partial charge in [-0.15, -0.1) is 0 Å². The summed E-state index contributed by atoms with van der Waals surface area (Å²) < 4.78 is 10.3. The van der Waals surface area contributed by atoms with Gasteiger partial charge in [0.1, 0.15) is 23.0 Å². The molecule has 0 fully saturated rings. The summed E-state index contributed by atoms with van der Waals surface area (Å²) in [6, 6.07) is 9.69. The van der Waals surface area contributed by atoms with Crippen molar-refractivity contribution in [1.29, 1.82) is 0 Å². The zero-order chi connectivity index (χ0) is 19.1. The third kappa shape index (κ3) is 6.31. The SMILES string of the molecule is COc1ccc(O)c(C=NC(C)C(C)N=Cc2cc(OC)ccc2O)c1.[Mn]. The van der Waals surface area contributed by atoms with Crippen LogP contribution in [0.1, 0.15) is 25.0 Å². The summed E-state index contributed by atoms with van der Waals surface area (Å²) in [4.78, 5) is 8.91. The van der Waals surface area contributed by atoms with Gasteiger partial charge in [0, 0.05) is 40.6 Å². The van der Waals surface area contributed by atoms with Crippen LogP contribution in [0.5, 0.6) is 23.0 Å². The van der Waals surface area contributed by atoms with E-state index in [1.807, 2.05) is 13.8 Å². The van der Waals surface area contributed by atoms with Crippen molar-refractivity contribution in [1.82, 2.24) is 0 Å². The van der Waals surface area contributed by atoms with E-state index in [4.69, 9.17) is 9.47 Å². The quantitative estimate of drug-likeness (QED) is 0.540. The summed E-state index contributed by atoms with van der Waals surface area (Å²) in [5, 5.41) is 19.8. The Bertz CT molecular complexity index is 741. The molecule has 27 heavy (non-hydrogen) atoms. The molecule has 0 heterocycles. The van der Waals surface area contributed by atoms with Crippen LogP contribution in [0.4, 0.5) is 0 Å². The van der Waals surface area contributed by atoms with Gasteiger partial charge in [0.15, 0.2) is 0 Å². The number of aromatic hydroxyl groups is 2. The normalized spacial score (nSPS) is 13.3. The zero-order valence-corrected chi connectivity index (χ0v) is 16.9. The molecule has 2 unspecified atom stereocenters. The van der Waals surface area contributed by atoms with Crippen LogP contribution in [0.3, 0.4) is 0 Å². The van der Waals surface area contributed by atoms with Crippen LogP contribution in [0.25, 0.3) is 0 Å². The van der Waals surface area contributed by atoms with E-state index in [0.29, 0.717) is 22.6 Å². The topological polar surface area (TPSA) is 83.6 Å². The summed E-state index contributed by atoms with van der Waals surface area (Å²) in [5.74, 6) is 1.58. The van der Waals surface area contributed by atoms with Crippen molar-refractivity contribution in [2.75, 3.05) is 14.2 Å². The molecule has 2 aromatic carbocycles. The smallest absolute Gasteiger partial charge is 0.124 e. The number of phenolic OH excluding ortho intramolecular Hbond substituents is 2. The summed E-state index contributed by atoms with van der Waals surface area (Å²) in [6.45, 7) is 3.86. The van der Waals surface area contributed by atoms with Crippen LogP contribution in [-0.4, -0.2) is 48.9 Å². The van der Waals surface area contributed by atoms with Gasteiger partial charge in [0.05, 0.1) is 26.3 Å². The Labute approximate surface area is 170 Å².